The fraction of sp³-hybridized carbons (Fsp3) is 0.531. The number of hydrogen-bond donors (Lipinski definition) is 12. The Balaban J connectivity index is 1.34. The van der Waals surface area contributed by atoms with Gasteiger partial charge in [0.1, 0.15) is 95.4 Å². The summed E-state index contributed by atoms with van der Waals surface area (Å²) in [5, 5.41) is 124. The molecule has 52 heavy (non-hydrogen) atoms. The molecule has 4 heterocycles. The minimum Gasteiger partial charge on any atom is -0.508 e. The highest BCUT2D eigenvalue weighted by Crippen LogP contribution is 2.38. The second kappa shape index (κ2) is 15.3. The van der Waals surface area contributed by atoms with Crippen molar-refractivity contribution in [2.75, 3.05) is 19.8 Å². The van der Waals surface area contributed by atoms with Gasteiger partial charge in [0.25, 0.3) is 0 Å². The molecule has 0 radical (unpaired) electrons. The maximum atomic E-state index is 13.8. The van der Waals surface area contributed by atoms with Crippen molar-refractivity contribution in [3.63, 3.8) is 0 Å². The van der Waals surface area contributed by atoms with Crippen molar-refractivity contribution in [2.45, 2.75) is 86.0 Å². The molecule has 0 unspecified atom stereocenters. The lowest BCUT2D eigenvalue weighted by Crippen LogP contribution is -2.66. The first kappa shape index (κ1) is 38.0. The van der Waals surface area contributed by atoms with Gasteiger partial charge in [-0.3, -0.25) is 4.79 Å². The predicted octanol–water partition coefficient (Wildman–Crippen LogP) is -3.96. The minimum absolute atomic E-state index is 0.134. The standard InChI is InChI=1S/C32H38O20/c33-7-16-20(40)23(43)29(52-30-24(44)19(39)14(38)9-46-30)32(49-16)50-27-21(41)17(8-34)48-31(25(27)45)51-28-22(42)18-13(37)5-12(36)6-15(18)47-26(28)10-1-3-11(35)4-2-10/h1-6,14,16-17,19-21,23-25,27,29-41,43-45H,7-9H2/t14-,16-,17-,19+,20-,21-,23+,24-,25-,27+,29-,30+,31+,32+/m1/s1. The summed E-state index contributed by atoms with van der Waals surface area (Å²) < 4.78 is 39.6. The summed E-state index contributed by atoms with van der Waals surface area (Å²) in [6, 6.07) is 7.10. The zero-order chi connectivity index (χ0) is 37.6. The molecular formula is C32H38O20. The third kappa shape index (κ3) is 7.14. The summed E-state index contributed by atoms with van der Waals surface area (Å²) in [5.41, 5.74) is -1.16. The van der Waals surface area contributed by atoms with Crippen molar-refractivity contribution in [3.8, 4) is 34.3 Å². The molecule has 1 aromatic heterocycles. The molecule has 0 aliphatic carbocycles. The monoisotopic (exact) mass is 742 g/mol. The van der Waals surface area contributed by atoms with E-state index in [9.17, 15) is 66.1 Å². The van der Waals surface area contributed by atoms with Gasteiger partial charge in [-0.25, -0.2) is 0 Å². The number of fused-ring (bicyclic) bond motifs is 1. The lowest BCUT2D eigenvalue weighted by Gasteiger charge is -2.47. The number of benzene rings is 2. The van der Waals surface area contributed by atoms with Gasteiger partial charge in [0.05, 0.1) is 19.8 Å². The van der Waals surface area contributed by atoms with Crippen LogP contribution in [-0.2, 0) is 23.7 Å². The fourth-order valence-electron chi connectivity index (χ4n) is 6.12. The molecule has 12 N–H and O–H groups in total. The Hall–Kier alpha value is -3.71. The highest BCUT2D eigenvalue weighted by Gasteiger charge is 2.54. The first-order valence-electron chi connectivity index (χ1n) is 15.9. The molecule has 0 saturated carbocycles. The van der Waals surface area contributed by atoms with Crippen LogP contribution in [0.25, 0.3) is 22.3 Å². The smallest absolute Gasteiger partial charge is 0.239 e. The molecular weight excluding hydrogens is 704 g/mol. The van der Waals surface area contributed by atoms with E-state index in [0.717, 1.165) is 12.1 Å². The molecule has 0 spiro atoms. The second-order valence-corrected chi connectivity index (χ2v) is 12.5. The molecule has 20 heteroatoms. The van der Waals surface area contributed by atoms with E-state index in [4.69, 9.17) is 32.8 Å². The van der Waals surface area contributed by atoms with Gasteiger partial charge < -0.3 is 94.1 Å². The maximum Gasteiger partial charge on any atom is 0.239 e. The molecule has 3 aliphatic rings. The predicted molar refractivity (Wildman–Crippen MR) is 167 cm³/mol. The zero-order valence-electron chi connectivity index (χ0n) is 26.8. The van der Waals surface area contributed by atoms with Crippen LogP contribution < -0.4 is 10.2 Å². The zero-order valence-corrected chi connectivity index (χ0v) is 26.8. The van der Waals surface area contributed by atoms with Gasteiger partial charge in [-0.15, -0.1) is 0 Å². The van der Waals surface area contributed by atoms with Gasteiger partial charge in [-0.2, -0.15) is 0 Å². The van der Waals surface area contributed by atoms with E-state index in [1.807, 2.05) is 0 Å². The largest absolute Gasteiger partial charge is 0.508 e. The van der Waals surface area contributed by atoms with Gasteiger partial charge >= 0.3 is 0 Å². The van der Waals surface area contributed by atoms with Crippen molar-refractivity contribution >= 4 is 11.0 Å². The average molecular weight is 743 g/mol. The van der Waals surface area contributed by atoms with Crippen LogP contribution in [0, 0.1) is 0 Å². The van der Waals surface area contributed by atoms with Gasteiger partial charge in [0, 0.05) is 17.7 Å². The molecule has 3 aromatic rings. The van der Waals surface area contributed by atoms with E-state index >= 15 is 0 Å². The van der Waals surface area contributed by atoms with E-state index in [1.54, 1.807) is 0 Å². The van der Waals surface area contributed by atoms with Crippen LogP contribution in [0.15, 0.2) is 45.6 Å². The molecule has 20 nitrogen and oxygen atoms in total. The fourth-order valence-corrected chi connectivity index (χ4v) is 6.12. The quantitative estimate of drug-likeness (QED) is 0.0995. The van der Waals surface area contributed by atoms with Crippen LogP contribution in [0.5, 0.6) is 23.0 Å². The Kier molecular flexibility index (Phi) is 11.2. The lowest BCUT2D eigenvalue weighted by atomic mass is 9.96. The topological polar surface area (TPSA) is 328 Å². The summed E-state index contributed by atoms with van der Waals surface area (Å²) >= 11 is 0. The van der Waals surface area contributed by atoms with Gasteiger partial charge in [0.15, 0.2) is 18.3 Å². The summed E-state index contributed by atoms with van der Waals surface area (Å²) in [5.74, 6) is -2.30. The second-order valence-electron chi connectivity index (χ2n) is 12.5. The SMILES string of the molecule is O=c1c(O[C@@H]2O[C@H](CO)[C@@H](O)[C@H](O[C@@H]3O[C@H](CO)[C@@H](O)[C@H](O)[C@H]3O[C@@H]3OC[C@@H](O)[C@H](O)[C@H]3O)[C@H]2O)c(-c2ccc(O)cc2)oc2cc(O)cc(O)c12. The van der Waals surface area contributed by atoms with E-state index in [-0.39, 0.29) is 22.7 Å². The molecule has 6 rings (SSSR count). The number of aromatic hydroxyl groups is 3. The average Bonchev–Trinajstić information content (AvgIpc) is 3.11. The van der Waals surface area contributed by atoms with Crippen LogP contribution in [0.3, 0.4) is 0 Å². The number of hydrogen-bond acceptors (Lipinski definition) is 20. The molecule has 286 valence electrons. The Morgan fingerprint density at radius 1 is 0.673 bits per heavy atom. The maximum absolute atomic E-state index is 13.8. The third-order valence-electron chi connectivity index (χ3n) is 8.96. The van der Waals surface area contributed by atoms with Crippen LogP contribution in [0.1, 0.15) is 0 Å². The Morgan fingerprint density at radius 3 is 1.98 bits per heavy atom. The minimum atomic E-state index is -2.09. The van der Waals surface area contributed by atoms with Crippen molar-refractivity contribution in [3.05, 3.63) is 46.6 Å². The first-order chi connectivity index (χ1) is 24.7. The number of aliphatic hydroxyl groups excluding tert-OH is 9. The third-order valence-corrected chi connectivity index (χ3v) is 8.96. The molecule has 14 atom stereocenters. The van der Waals surface area contributed by atoms with Crippen LogP contribution in [0.4, 0.5) is 0 Å². The summed E-state index contributed by atoms with van der Waals surface area (Å²) in [4.78, 5) is 13.8. The summed E-state index contributed by atoms with van der Waals surface area (Å²) in [6.45, 7) is -2.30. The normalized spacial score (nSPS) is 36.9. The van der Waals surface area contributed by atoms with Crippen molar-refractivity contribution in [1.29, 1.82) is 0 Å². The highest BCUT2D eigenvalue weighted by atomic mass is 16.8. The van der Waals surface area contributed by atoms with Gasteiger partial charge in [0.2, 0.25) is 17.5 Å². The van der Waals surface area contributed by atoms with Crippen molar-refractivity contribution in [2.24, 2.45) is 0 Å². The number of aliphatic hydroxyl groups is 9. The summed E-state index contributed by atoms with van der Waals surface area (Å²) in [7, 11) is 0. The van der Waals surface area contributed by atoms with Crippen LogP contribution in [-0.4, -0.2) is 167 Å². The molecule has 0 bridgehead atoms. The van der Waals surface area contributed by atoms with Crippen molar-refractivity contribution in [1.82, 2.24) is 0 Å². The Labute approximate surface area is 292 Å². The van der Waals surface area contributed by atoms with E-state index in [0.29, 0.717) is 0 Å². The van der Waals surface area contributed by atoms with E-state index < -0.39 is 134 Å². The van der Waals surface area contributed by atoms with Crippen LogP contribution >= 0.6 is 0 Å². The molecule has 3 fully saturated rings. The van der Waals surface area contributed by atoms with Gasteiger partial charge in [-0.1, -0.05) is 0 Å². The van der Waals surface area contributed by atoms with E-state index in [2.05, 4.69) is 0 Å². The van der Waals surface area contributed by atoms with Crippen molar-refractivity contribution < 1.29 is 94.1 Å². The number of phenolic OH excluding ortho intramolecular Hbond substituents is 3. The van der Waals surface area contributed by atoms with Crippen LogP contribution in [0.2, 0.25) is 0 Å². The molecule has 3 aliphatic heterocycles. The summed E-state index contributed by atoms with van der Waals surface area (Å²) in [6.07, 6.45) is -25.3. The molecule has 3 saturated heterocycles. The first-order valence-corrected chi connectivity index (χ1v) is 15.9. The Morgan fingerprint density at radius 2 is 1.31 bits per heavy atom. The molecule has 2 aromatic carbocycles. The molecule has 0 amide bonds. The van der Waals surface area contributed by atoms with E-state index in [1.165, 1.54) is 24.3 Å². The lowest BCUT2D eigenvalue weighted by molar-refractivity contribution is -0.380. The van der Waals surface area contributed by atoms with Gasteiger partial charge in [-0.05, 0) is 24.3 Å². The number of ether oxygens (including phenoxy) is 6. The highest BCUT2D eigenvalue weighted by molar-refractivity contribution is 5.88. The number of rotatable bonds is 9. The Bertz CT molecular complexity index is 1750. The number of phenols is 3.